The first-order valence-electron chi connectivity index (χ1n) is 6.56. The lowest BCUT2D eigenvalue weighted by molar-refractivity contribution is -0.385. The number of nitro groups is 1. The van der Waals surface area contributed by atoms with Crippen LogP contribution in [0.4, 0.5) is 5.69 Å². The molecule has 6 nitrogen and oxygen atoms in total. The fraction of sp³-hybridized carbons (Fsp3) is 0.188. The first kappa shape index (κ1) is 15.5. The minimum atomic E-state index is -0.496. The molecule has 0 amide bonds. The summed E-state index contributed by atoms with van der Waals surface area (Å²) in [5.74, 6) is 0.778. The van der Waals surface area contributed by atoms with Gasteiger partial charge in [-0.3, -0.25) is 14.9 Å². The Balaban J connectivity index is 2.09. The van der Waals surface area contributed by atoms with Gasteiger partial charge in [-0.15, -0.1) is 0 Å². The van der Waals surface area contributed by atoms with Gasteiger partial charge in [0, 0.05) is 11.6 Å². The van der Waals surface area contributed by atoms with Crippen LogP contribution < -0.4 is 9.47 Å². The van der Waals surface area contributed by atoms with Gasteiger partial charge in [-0.2, -0.15) is 0 Å². The topological polar surface area (TPSA) is 78.7 Å². The third kappa shape index (κ3) is 3.60. The third-order valence-electron chi connectivity index (χ3n) is 3.11. The van der Waals surface area contributed by atoms with Crippen LogP contribution in [0.2, 0.25) is 0 Å². The molecule has 2 rings (SSSR count). The number of methoxy groups -OCH3 is 1. The number of hydrogen-bond acceptors (Lipinski definition) is 5. The van der Waals surface area contributed by atoms with Crippen LogP contribution in [-0.4, -0.2) is 17.8 Å². The molecule has 0 aliphatic carbocycles. The van der Waals surface area contributed by atoms with Crippen LogP contribution >= 0.6 is 0 Å². The van der Waals surface area contributed by atoms with Crippen molar-refractivity contribution in [1.29, 1.82) is 0 Å². The molecule has 0 saturated heterocycles. The third-order valence-corrected chi connectivity index (χ3v) is 3.11. The van der Waals surface area contributed by atoms with Gasteiger partial charge in [0.1, 0.15) is 12.4 Å². The molecule has 2 aromatic carbocycles. The van der Waals surface area contributed by atoms with Crippen molar-refractivity contribution in [3.63, 3.8) is 0 Å². The van der Waals surface area contributed by atoms with E-state index >= 15 is 0 Å². The molecular formula is C16H15NO5. The molecule has 22 heavy (non-hydrogen) atoms. The smallest absolute Gasteiger partial charge is 0.311 e. The second-order valence-electron chi connectivity index (χ2n) is 4.63. The highest BCUT2D eigenvalue weighted by Crippen LogP contribution is 2.28. The predicted octanol–water partition coefficient (Wildman–Crippen LogP) is 3.39. The summed E-state index contributed by atoms with van der Waals surface area (Å²) >= 11 is 0. The van der Waals surface area contributed by atoms with Crippen molar-refractivity contribution < 1.29 is 19.2 Å². The fourth-order valence-corrected chi connectivity index (χ4v) is 1.92. The Hall–Kier alpha value is -2.89. The highest BCUT2D eigenvalue weighted by atomic mass is 16.6. The minimum Gasteiger partial charge on any atom is -0.490 e. The Morgan fingerprint density at radius 3 is 2.41 bits per heavy atom. The van der Waals surface area contributed by atoms with E-state index < -0.39 is 4.92 Å². The molecule has 0 radical (unpaired) electrons. The average molecular weight is 301 g/mol. The first-order valence-corrected chi connectivity index (χ1v) is 6.56. The molecule has 0 bridgehead atoms. The monoisotopic (exact) mass is 301 g/mol. The van der Waals surface area contributed by atoms with Crippen LogP contribution in [0, 0.1) is 10.1 Å². The van der Waals surface area contributed by atoms with Crippen LogP contribution in [0.1, 0.15) is 22.8 Å². The van der Waals surface area contributed by atoms with E-state index in [1.165, 1.54) is 26.2 Å². The van der Waals surface area contributed by atoms with Gasteiger partial charge in [0.2, 0.25) is 0 Å². The largest absolute Gasteiger partial charge is 0.490 e. The Bertz CT molecular complexity index is 694. The highest BCUT2D eigenvalue weighted by Gasteiger charge is 2.15. The predicted molar refractivity (Wildman–Crippen MR) is 80.4 cm³/mol. The van der Waals surface area contributed by atoms with Crippen molar-refractivity contribution in [3.05, 3.63) is 63.7 Å². The molecule has 0 heterocycles. The van der Waals surface area contributed by atoms with Gasteiger partial charge in [0.05, 0.1) is 12.0 Å². The molecule has 0 spiro atoms. The van der Waals surface area contributed by atoms with Crippen LogP contribution in [0.5, 0.6) is 11.5 Å². The molecule has 0 saturated carbocycles. The number of carbonyl (C=O) groups is 1. The molecule has 6 heteroatoms. The van der Waals surface area contributed by atoms with Crippen molar-refractivity contribution in [2.75, 3.05) is 7.11 Å². The first-order chi connectivity index (χ1) is 10.5. The number of Topliss-reactive ketones (excluding diaryl/α,β-unsaturated/α-hetero) is 1. The minimum absolute atomic E-state index is 0.0164. The summed E-state index contributed by atoms with van der Waals surface area (Å²) in [6.07, 6.45) is 0. The van der Waals surface area contributed by atoms with E-state index in [0.717, 1.165) is 0 Å². The zero-order valence-corrected chi connectivity index (χ0v) is 12.2. The van der Waals surface area contributed by atoms with Gasteiger partial charge in [-0.1, -0.05) is 6.07 Å². The maximum atomic E-state index is 11.2. The number of carbonyl (C=O) groups excluding carboxylic acids is 1. The van der Waals surface area contributed by atoms with Gasteiger partial charge in [0.25, 0.3) is 0 Å². The lowest BCUT2D eigenvalue weighted by Crippen LogP contribution is -1.99. The van der Waals surface area contributed by atoms with Gasteiger partial charge in [-0.25, -0.2) is 0 Å². The summed E-state index contributed by atoms with van der Waals surface area (Å²) < 4.78 is 10.5. The molecule has 0 unspecified atom stereocenters. The molecule has 0 aliphatic heterocycles. The van der Waals surface area contributed by atoms with Gasteiger partial charge < -0.3 is 9.47 Å². The summed E-state index contributed by atoms with van der Waals surface area (Å²) in [7, 11) is 1.38. The van der Waals surface area contributed by atoms with Crippen LogP contribution in [-0.2, 0) is 6.61 Å². The van der Waals surface area contributed by atoms with Gasteiger partial charge >= 0.3 is 5.69 Å². The normalized spacial score (nSPS) is 10.1. The van der Waals surface area contributed by atoms with Crippen LogP contribution in [0.15, 0.2) is 42.5 Å². The quantitative estimate of drug-likeness (QED) is 0.464. The van der Waals surface area contributed by atoms with Gasteiger partial charge in [0.15, 0.2) is 11.5 Å². The van der Waals surface area contributed by atoms with Crippen LogP contribution in [0.25, 0.3) is 0 Å². The maximum absolute atomic E-state index is 11.2. The molecule has 2 aromatic rings. The molecule has 0 atom stereocenters. The number of nitrogens with zero attached hydrogens (tertiary/aromatic N) is 1. The van der Waals surface area contributed by atoms with E-state index in [9.17, 15) is 14.9 Å². The van der Waals surface area contributed by atoms with Crippen molar-refractivity contribution >= 4 is 11.5 Å². The number of rotatable bonds is 6. The van der Waals surface area contributed by atoms with E-state index in [1.54, 1.807) is 30.3 Å². The number of ether oxygens (including phenoxy) is 2. The van der Waals surface area contributed by atoms with E-state index in [2.05, 4.69) is 0 Å². The van der Waals surface area contributed by atoms with E-state index in [4.69, 9.17) is 9.47 Å². The number of hydrogen-bond donors (Lipinski definition) is 0. The van der Waals surface area contributed by atoms with E-state index in [0.29, 0.717) is 16.9 Å². The van der Waals surface area contributed by atoms with Crippen molar-refractivity contribution in [2.24, 2.45) is 0 Å². The Kier molecular flexibility index (Phi) is 4.73. The Morgan fingerprint density at radius 2 is 1.86 bits per heavy atom. The van der Waals surface area contributed by atoms with Crippen molar-refractivity contribution in [2.45, 2.75) is 13.5 Å². The molecule has 0 fully saturated rings. The lowest BCUT2D eigenvalue weighted by Gasteiger charge is -2.08. The molecule has 114 valence electrons. The maximum Gasteiger partial charge on any atom is 0.311 e. The Labute approximate surface area is 127 Å². The second-order valence-corrected chi connectivity index (χ2v) is 4.63. The SMILES string of the molecule is COc1ccc(COc2ccc(C(C)=O)cc2)cc1[N+](=O)[O-]. The molecule has 0 N–H and O–H groups in total. The summed E-state index contributed by atoms with van der Waals surface area (Å²) in [5, 5.41) is 11.0. The highest BCUT2D eigenvalue weighted by molar-refractivity contribution is 5.94. The molecule has 0 aromatic heterocycles. The average Bonchev–Trinajstić information content (AvgIpc) is 2.53. The molecule has 0 aliphatic rings. The van der Waals surface area contributed by atoms with E-state index in [1.807, 2.05) is 0 Å². The summed E-state index contributed by atoms with van der Waals surface area (Å²) in [6.45, 7) is 1.68. The fourth-order valence-electron chi connectivity index (χ4n) is 1.92. The standard InChI is InChI=1S/C16H15NO5/c1-11(18)13-4-6-14(7-5-13)22-10-12-3-8-16(21-2)15(9-12)17(19)20/h3-9H,10H2,1-2H3. The number of ketones is 1. The van der Waals surface area contributed by atoms with Gasteiger partial charge in [-0.05, 0) is 42.8 Å². The zero-order valence-electron chi connectivity index (χ0n) is 12.2. The number of benzene rings is 2. The lowest BCUT2D eigenvalue weighted by atomic mass is 10.1. The van der Waals surface area contributed by atoms with Crippen LogP contribution in [0.3, 0.4) is 0 Å². The van der Waals surface area contributed by atoms with E-state index in [-0.39, 0.29) is 23.8 Å². The summed E-state index contributed by atoms with van der Waals surface area (Å²) in [6, 6.07) is 11.4. The van der Waals surface area contributed by atoms with Crippen molar-refractivity contribution in [3.8, 4) is 11.5 Å². The zero-order chi connectivity index (χ0) is 16.1. The molecular weight excluding hydrogens is 286 g/mol. The summed E-state index contributed by atoms with van der Waals surface area (Å²) in [5.41, 5.74) is 1.16. The Morgan fingerprint density at radius 1 is 1.18 bits per heavy atom. The second kappa shape index (κ2) is 6.71. The summed E-state index contributed by atoms with van der Waals surface area (Å²) in [4.78, 5) is 21.6. The number of nitro benzene ring substituents is 1. The van der Waals surface area contributed by atoms with Crippen molar-refractivity contribution in [1.82, 2.24) is 0 Å².